The lowest BCUT2D eigenvalue weighted by atomic mass is 10.1. The van der Waals surface area contributed by atoms with Crippen LogP contribution in [-0.2, 0) is 19.4 Å². The number of rotatable bonds is 3. The molecule has 2 aromatic rings. The van der Waals surface area contributed by atoms with Gasteiger partial charge in [0.1, 0.15) is 11.9 Å². The molecule has 2 aliphatic rings. The smallest absolute Gasteiger partial charge is 0.317 e. The summed E-state index contributed by atoms with van der Waals surface area (Å²) in [6.45, 7) is 3.36. The molecule has 144 valence electrons. The Balaban J connectivity index is 1.34. The van der Waals surface area contributed by atoms with Gasteiger partial charge in [-0.15, -0.1) is 0 Å². The highest BCUT2D eigenvalue weighted by molar-refractivity contribution is 5.74. The fraction of sp³-hybridized carbons (Fsp3) is 0.409. The number of nitrogens with zero attached hydrogens (tertiary/aromatic N) is 4. The molecule has 1 fully saturated rings. The number of fused-ring (bicyclic) bond motifs is 1. The van der Waals surface area contributed by atoms with Crippen LogP contribution in [0.15, 0.2) is 36.5 Å². The minimum absolute atomic E-state index is 0.0242. The number of aryl methyl sites for hydroxylation is 2. The van der Waals surface area contributed by atoms with Gasteiger partial charge in [-0.25, -0.2) is 9.78 Å². The van der Waals surface area contributed by atoms with Crippen LogP contribution in [0.25, 0.3) is 0 Å². The highest BCUT2D eigenvalue weighted by atomic mass is 16.2. The number of anilines is 1. The first kappa shape index (κ1) is 18.3. The predicted molar refractivity (Wildman–Crippen MR) is 108 cm³/mol. The summed E-state index contributed by atoms with van der Waals surface area (Å²) in [5, 5.41) is 12.4. The van der Waals surface area contributed by atoms with Gasteiger partial charge in [-0.2, -0.15) is 5.26 Å². The molecular weight excluding hydrogens is 350 g/mol. The summed E-state index contributed by atoms with van der Waals surface area (Å²) in [6.07, 6.45) is 6.13. The number of nitriles is 1. The SMILES string of the molecule is N#Cc1cccnc1N1CCCN(C(=O)NCc2ccc3c(c2)CCC3)CC1. The third kappa shape index (κ3) is 3.94. The summed E-state index contributed by atoms with van der Waals surface area (Å²) in [6, 6.07) is 12.3. The van der Waals surface area contributed by atoms with Gasteiger partial charge < -0.3 is 15.1 Å². The molecule has 2 heterocycles. The van der Waals surface area contributed by atoms with Gasteiger partial charge in [-0.1, -0.05) is 18.2 Å². The molecule has 1 aliphatic carbocycles. The van der Waals surface area contributed by atoms with E-state index in [1.54, 1.807) is 18.3 Å². The number of carbonyl (C=O) groups is 1. The molecular formula is C22H25N5O. The number of carbonyl (C=O) groups excluding carboxylic acids is 1. The van der Waals surface area contributed by atoms with Crippen molar-refractivity contribution in [3.8, 4) is 6.07 Å². The first-order valence-corrected chi connectivity index (χ1v) is 9.98. The second-order valence-corrected chi connectivity index (χ2v) is 7.43. The van der Waals surface area contributed by atoms with E-state index < -0.39 is 0 Å². The topological polar surface area (TPSA) is 72.3 Å². The second kappa shape index (κ2) is 8.30. The number of hydrogen-bond donors (Lipinski definition) is 1. The summed E-state index contributed by atoms with van der Waals surface area (Å²) in [5.41, 5.74) is 4.63. The van der Waals surface area contributed by atoms with Crippen LogP contribution in [-0.4, -0.2) is 42.1 Å². The summed E-state index contributed by atoms with van der Waals surface area (Å²) in [7, 11) is 0. The molecule has 0 spiro atoms. The van der Waals surface area contributed by atoms with E-state index in [4.69, 9.17) is 0 Å². The van der Waals surface area contributed by atoms with Gasteiger partial charge in [-0.05, 0) is 54.5 Å². The van der Waals surface area contributed by atoms with E-state index in [0.29, 0.717) is 37.6 Å². The zero-order valence-corrected chi connectivity index (χ0v) is 16.0. The molecule has 1 aromatic carbocycles. The van der Waals surface area contributed by atoms with Gasteiger partial charge in [0, 0.05) is 38.9 Å². The fourth-order valence-electron chi connectivity index (χ4n) is 4.09. The summed E-state index contributed by atoms with van der Waals surface area (Å²) in [5.74, 6) is 0.713. The quantitative estimate of drug-likeness (QED) is 0.895. The molecule has 2 amide bonds. The van der Waals surface area contributed by atoms with Crippen LogP contribution in [0.5, 0.6) is 0 Å². The Hall–Kier alpha value is -3.07. The maximum atomic E-state index is 12.7. The van der Waals surface area contributed by atoms with Gasteiger partial charge in [0.15, 0.2) is 0 Å². The van der Waals surface area contributed by atoms with E-state index in [1.807, 2.05) is 4.90 Å². The lowest BCUT2D eigenvalue weighted by Gasteiger charge is -2.23. The van der Waals surface area contributed by atoms with Crippen LogP contribution < -0.4 is 10.2 Å². The fourth-order valence-corrected chi connectivity index (χ4v) is 4.09. The Bertz CT molecular complexity index is 904. The lowest BCUT2D eigenvalue weighted by Crippen LogP contribution is -2.41. The van der Waals surface area contributed by atoms with Gasteiger partial charge in [0.05, 0.1) is 5.56 Å². The van der Waals surface area contributed by atoms with Crippen molar-refractivity contribution in [1.82, 2.24) is 15.2 Å². The molecule has 0 saturated carbocycles. The van der Waals surface area contributed by atoms with Gasteiger partial charge in [0.2, 0.25) is 0 Å². The van der Waals surface area contributed by atoms with Crippen molar-refractivity contribution in [2.45, 2.75) is 32.2 Å². The molecule has 1 N–H and O–H groups in total. The average molecular weight is 375 g/mol. The summed E-state index contributed by atoms with van der Waals surface area (Å²) < 4.78 is 0. The first-order valence-electron chi connectivity index (χ1n) is 9.98. The van der Waals surface area contributed by atoms with E-state index in [0.717, 1.165) is 24.9 Å². The van der Waals surface area contributed by atoms with Crippen LogP contribution >= 0.6 is 0 Å². The van der Waals surface area contributed by atoms with Crippen LogP contribution in [0.1, 0.15) is 35.1 Å². The molecule has 4 rings (SSSR count). The third-order valence-electron chi connectivity index (χ3n) is 5.60. The number of benzene rings is 1. The van der Waals surface area contributed by atoms with Crippen LogP contribution in [0.2, 0.25) is 0 Å². The molecule has 0 atom stereocenters. The van der Waals surface area contributed by atoms with Crippen molar-refractivity contribution in [2.75, 3.05) is 31.1 Å². The Morgan fingerprint density at radius 1 is 1.11 bits per heavy atom. The maximum Gasteiger partial charge on any atom is 0.317 e. The predicted octanol–water partition coefficient (Wildman–Crippen LogP) is 2.86. The largest absolute Gasteiger partial charge is 0.354 e. The van der Waals surface area contributed by atoms with Gasteiger partial charge in [-0.3, -0.25) is 0 Å². The van der Waals surface area contributed by atoms with E-state index in [-0.39, 0.29) is 6.03 Å². The molecule has 6 heteroatoms. The molecule has 6 nitrogen and oxygen atoms in total. The first-order chi connectivity index (χ1) is 13.7. The lowest BCUT2D eigenvalue weighted by molar-refractivity contribution is 0.201. The van der Waals surface area contributed by atoms with Crippen molar-refractivity contribution in [1.29, 1.82) is 5.26 Å². The van der Waals surface area contributed by atoms with Crippen LogP contribution in [0.3, 0.4) is 0 Å². The number of urea groups is 1. The monoisotopic (exact) mass is 375 g/mol. The number of nitrogens with one attached hydrogen (secondary N) is 1. The standard InChI is InChI=1S/C22H25N5O/c23-15-20-6-2-9-24-21(20)26-10-3-11-27(13-12-26)22(28)25-16-17-7-8-18-4-1-5-19(18)14-17/h2,6-9,14H,1,3-5,10-13,16H2,(H,25,28). The van der Waals surface area contributed by atoms with Crippen LogP contribution in [0.4, 0.5) is 10.6 Å². The maximum absolute atomic E-state index is 12.7. The Labute approximate surface area is 165 Å². The van der Waals surface area contributed by atoms with E-state index >= 15 is 0 Å². The molecule has 28 heavy (non-hydrogen) atoms. The third-order valence-corrected chi connectivity index (χ3v) is 5.60. The minimum Gasteiger partial charge on any atom is -0.354 e. The van der Waals surface area contributed by atoms with Crippen molar-refractivity contribution in [3.05, 3.63) is 58.8 Å². The zero-order valence-electron chi connectivity index (χ0n) is 16.0. The van der Waals surface area contributed by atoms with Crippen molar-refractivity contribution < 1.29 is 4.79 Å². The van der Waals surface area contributed by atoms with Crippen molar-refractivity contribution >= 4 is 11.8 Å². The number of pyridine rings is 1. The highest BCUT2D eigenvalue weighted by Crippen LogP contribution is 2.23. The van der Waals surface area contributed by atoms with E-state index in [1.165, 1.54) is 24.0 Å². The molecule has 1 aromatic heterocycles. The van der Waals surface area contributed by atoms with Crippen LogP contribution in [0, 0.1) is 11.3 Å². The molecule has 0 unspecified atom stereocenters. The number of amides is 2. The molecule has 1 saturated heterocycles. The zero-order chi connectivity index (χ0) is 19.3. The Kier molecular flexibility index (Phi) is 5.43. The van der Waals surface area contributed by atoms with Gasteiger partial charge in [0.25, 0.3) is 0 Å². The highest BCUT2D eigenvalue weighted by Gasteiger charge is 2.21. The Morgan fingerprint density at radius 2 is 2.00 bits per heavy atom. The van der Waals surface area contributed by atoms with E-state index in [2.05, 4.69) is 39.5 Å². The number of aromatic nitrogens is 1. The average Bonchev–Trinajstić information content (AvgIpc) is 3.06. The molecule has 0 bridgehead atoms. The molecule has 1 aliphatic heterocycles. The van der Waals surface area contributed by atoms with Gasteiger partial charge >= 0.3 is 6.03 Å². The summed E-state index contributed by atoms with van der Waals surface area (Å²) >= 11 is 0. The number of hydrogen-bond acceptors (Lipinski definition) is 4. The Morgan fingerprint density at radius 3 is 2.89 bits per heavy atom. The summed E-state index contributed by atoms with van der Waals surface area (Å²) in [4.78, 5) is 21.0. The van der Waals surface area contributed by atoms with Crippen molar-refractivity contribution in [3.63, 3.8) is 0 Å². The normalized spacial score (nSPS) is 16.2. The van der Waals surface area contributed by atoms with E-state index in [9.17, 15) is 10.1 Å². The minimum atomic E-state index is -0.0242. The second-order valence-electron chi connectivity index (χ2n) is 7.43. The van der Waals surface area contributed by atoms with Crippen molar-refractivity contribution in [2.24, 2.45) is 0 Å². The molecule has 0 radical (unpaired) electrons.